The number of hydrogen-bond acceptors (Lipinski definition) is 2. The van der Waals surface area contributed by atoms with Crippen LogP contribution in [0.3, 0.4) is 0 Å². The van der Waals surface area contributed by atoms with Crippen LogP contribution >= 0.6 is 14.3 Å². The topological polar surface area (TPSA) is 34.1 Å². The molecule has 10 heavy (non-hydrogen) atoms. The molecular weight excluding hydrogens is 166 g/mol. The second kappa shape index (κ2) is 4.36. The third-order valence-corrected chi connectivity index (χ3v) is 0. The molecule has 0 aliphatic heterocycles. The lowest BCUT2D eigenvalue weighted by Crippen LogP contribution is -1.61. The minimum Gasteiger partial charge on any atom is -0.324 e. The summed E-state index contributed by atoms with van der Waals surface area (Å²) in [6.07, 6.45) is 0. The molecule has 0 N–H and O–H groups in total. The van der Waals surface area contributed by atoms with Crippen LogP contribution in [0, 0.1) is 0 Å². The van der Waals surface area contributed by atoms with Crippen molar-refractivity contribution in [2.75, 3.05) is 40.0 Å². The molecule has 0 radical (unpaired) electrons. The summed E-state index contributed by atoms with van der Waals surface area (Å²) in [6, 6.07) is 0. The van der Waals surface area contributed by atoms with Crippen LogP contribution in [-0.4, -0.2) is 40.0 Å². The Bertz CT molecular complexity index is 131. The quantitative estimate of drug-likeness (QED) is 0.543. The molecule has 0 aliphatic carbocycles. The lowest BCUT2D eigenvalue weighted by Gasteiger charge is -1.86. The average Bonchev–Trinajstić information content (AvgIpc) is 1.12. The third-order valence-electron chi connectivity index (χ3n) is 0. The van der Waals surface area contributed by atoms with Crippen LogP contribution in [0.15, 0.2) is 0 Å². The molecule has 0 unspecified atom stereocenters. The summed E-state index contributed by atoms with van der Waals surface area (Å²) < 4.78 is 20.4. The van der Waals surface area contributed by atoms with Crippen LogP contribution in [0.1, 0.15) is 1.43 Å². The number of hydrogen-bond donors (Lipinski definition) is 0. The molecule has 64 valence electrons. The fraction of sp³-hybridized carbons (Fsp3) is 1.00. The van der Waals surface area contributed by atoms with Gasteiger partial charge in [-0.15, -0.1) is 0 Å². The van der Waals surface area contributed by atoms with Gasteiger partial charge in [-0.3, -0.25) is 0 Å². The van der Waals surface area contributed by atoms with Crippen LogP contribution in [0.4, 0.5) is 0 Å². The summed E-state index contributed by atoms with van der Waals surface area (Å²) in [4.78, 5) is 0. The second-order valence-corrected chi connectivity index (χ2v) is 11.3. The van der Waals surface area contributed by atoms with Crippen LogP contribution in [-0.2, 0) is 9.13 Å². The highest BCUT2D eigenvalue weighted by Crippen LogP contribution is 2.28. The van der Waals surface area contributed by atoms with Crippen LogP contribution in [0.25, 0.3) is 0 Å². The Morgan fingerprint density at radius 3 is 0.700 bits per heavy atom. The largest absolute Gasteiger partial charge is 1.00 e. The first-order valence-electron chi connectivity index (χ1n) is 3.05. The molecule has 0 aliphatic rings. The maximum atomic E-state index is 10.2. The van der Waals surface area contributed by atoms with Gasteiger partial charge in [0.05, 0.1) is 14.3 Å². The summed E-state index contributed by atoms with van der Waals surface area (Å²) in [6.45, 7) is 10.5. The van der Waals surface area contributed by atoms with Crippen molar-refractivity contribution in [1.29, 1.82) is 0 Å². The van der Waals surface area contributed by atoms with E-state index in [1.165, 1.54) is 0 Å². The molecule has 0 aromatic carbocycles. The maximum absolute atomic E-state index is 10.2. The van der Waals surface area contributed by atoms with Crippen molar-refractivity contribution in [2.24, 2.45) is 0 Å². The molecule has 0 bridgehead atoms. The van der Waals surface area contributed by atoms with Gasteiger partial charge in [-0.25, -0.2) is 0 Å². The number of rotatable bonds is 0. The first-order valence-corrected chi connectivity index (χ1v) is 9.15. The van der Waals surface area contributed by atoms with Gasteiger partial charge in [0.15, 0.2) is 0 Å². The van der Waals surface area contributed by atoms with E-state index in [1.807, 2.05) is 0 Å². The van der Waals surface area contributed by atoms with Gasteiger partial charge in [-0.1, -0.05) is 0 Å². The molecule has 0 atom stereocenters. The van der Waals surface area contributed by atoms with E-state index in [0.29, 0.717) is 0 Å². The van der Waals surface area contributed by atoms with E-state index in [2.05, 4.69) is 0 Å². The van der Waals surface area contributed by atoms with E-state index in [1.54, 1.807) is 40.0 Å². The lowest BCUT2D eigenvalue weighted by molar-refractivity contribution is 0.585. The highest BCUT2D eigenvalue weighted by Gasteiger charge is 1.89. The van der Waals surface area contributed by atoms with Crippen molar-refractivity contribution in [3.63, 3.8) is 0 Å². The normalized spacial score (nSPS) is 11.8. The second-order valence-electron chi connectivity index (χ2n) is 3.78. The van der Waals surface area contributed by atoms with E-state index in [9.17, 15) is 9.13 Å². The highest BCUT2D eigenvalue weighted by molar-refractivity contribution is 7.61. The Hall–Kier alpha value is 0.460. The van der Waals surface area contributed by atoms with Gasteiger partial charge >= 0.3 is 1.43 Å². The summed E-state index contributed by atoms with van der Waals surface area (Å²) in [5.74, 6) is 0. The molecule has 0 saturated heterocycles. The van der Waals surface area contributed by atoms with Crippen molar-refractivity contribution in [3.05, 3.63) is 0 Å². The minimum atomic E-state index is -1.64. The zero-order chi connectivity index (χ0) is 9.00. The third kappa shape index (κ3) is 2230. The van der Waals surface area contributed by atoms with Gasteiger partial charge in [0.1, 0.15) is 0 Å². The summed E-state index contributed by atoms with van der Waals surface area (Å²) >= 11 is 0. The zero-order valence-corrected chi connectivity index (χ0v) is 9.50. The van der Waals surface area contributed by atoms with Crippen LogP contribution < -0.4 is 0 Å². The predicted octanol–water partition coefficient (Wildman–Crippen LogP) is 2.59. The molecule has 0 aromatic rings. The van der Waals surface area contributed by atoms with Gasteiger partial charge in [-0.05, 0) is 40.0 Å². The van der Waals surface area contributed by atoms with Crippen LogP contribution in [0.5, 0.6) is 0 Å². The fourth-order valence-electron chi connectivity index (χ4n) is 0. The Morgan fingerprint density at radius 1 is 0.700 bits per heavy atom. The molecule has 0 spiro atoms. The van der Waals surface area contributed by atoms with E-state index in [-0.39, 0.29) is 1.43 Å². The predicted molar refractivity (Wildman–Crippen MR) is 51.9 cm³/mol. The van der Waals surface area contributed by atoms with E-state index >= 15 is 0 Å². The van der Waals surface area contributed by atoms with Crippen molar-refractivity contribution >= 4 is 14.3 Å². The molecule has 0 rings (SSSR count). The standard InChI is InChI=1S/2C3H9OP/c2*1-5(2,3)4/h2*1-3H3/p+1. The Labute approximate surface area is 65.6 Å². The lowest BCUT2D eigenvalue weighted by atomic mass is 11.9. The summed E-state index contributed by atoms with van der Waals surface area (Å²) in [7, 11) is -3.28. The summed E-state index contributed by atoms with van der Waals surface area (Å²) in [5, 5.41) is 0. The molecule has 0 amide bonds. The van der Waals surface area contributed by atoms with Gasteiger partial charge in [0.25, 0.3) is 0 Å². The highest BCUT2D eigenvalue weighted by atomic mass is 31.2. The van der Waals surface area contributed by atoms with Crippen molar-refractivity contribution in [2.45, 2.75) is 0 Å². The maximum Gasteiger partial charge on any atom is 1.00 e. The molecule has 0 heterocycles. The molecule has 2 nitrogen and oxygen atoms in total. The molecule has 0 saturated carbocycles. The van der Waals surface area contributed by atoms with Gasteiger partial charge < -0.3 is 9.13 Å². The molecular formula is C6H19O2P2+. The van der Waals surface area contributed by atoms with E-state index in [0.717, 1.165) is 0 Å². The minimum absolute atomic E-state index is 0. The van der Waals surface area contributed by atoms with Gasteiger partial charge in [0.2, 0.25) is 0 Å². The molecule has 0 aromatic heterocycles. The fourth-order valence-corrected chi connectivity index (χ4v) is 0. The smallest absolute Gasteiger partial charge is 0.324 e. The van der Waals surface area contributed by atoms with Crippen LogP contribution in [0.2, 0.25) is 0 Å². The SMILES string of the molecule is CP(C)(C)=O.CP(C)(C)=O.[H+]. The van der Waals surface area contributed by atoms with E-state index < -0.39 is 14.3 Å². The van der Waals surface area contributed by atoms with Crippen molar-refractivity contribution < 1.29 is 10.6 Å². The first-order chi connectivity index (χ1) is 4.00. The Balaban J connectivity index is -0.000000107. The van der Waals surface area contributed by atoms with Gasteiger partial charge in [-0.2, -0.15) is 0 Å². The Kier molecular flexibility index (Phi) is 5.70. The molecule has 4 heteroatoms. The summed E-state index contributed by atoms with van der Waals surface area (Å²) in [5.41, 5.74) is 0. The van der Waals surface area contributed by atoms with Crippen molar-refractivity contribution in [3.8, 4) is 0 Å². The molecule has 0 fully saturated rings. The average molecular weight is 185 g/mol. The van der Waals surface area contributed by atoms with E-state index in [4.69, 9.17) is 0 Å². The zero-order valence-electron chi connectivity index (χ0n) is 8.71. The first kappa shape index (κ1) is 13.1. The Morgan fingerprint density at radius 2 is 0.700 bits per heavy atom. The van der Waals surface area contributed by atoms with Crippen molar-refractivity contribution in [1.82, 2.24) is 0 Å². The van der Waals surface area contributed by atoms with Gasteiger partial charge in [0, 0.05) is 0 Å². The monoisotopic (exact) mass is 185 g/mol.